The van der Waals surface area contributed by atoms with Gasteiger partial charge in [0.1, 0.15) is 5.75 Å². The van der Waals surface area contributed by atoms with Gasteiger partial charge < -0.3 is 15.4 Å². The quantitative estimate of drug-likeness (QED) is 0.888. The van der Waals surface area contributed by atoms with Crippen molar-refractivity contribution in [3.63, 3.8) is 0 Å². The van der Waals surface area contributed by atoms with Gasteiger partial charge in [-0.3, -0.25) is 0 Å². The third-order valence-corrected chi connectivity index (χ3v) is 3.91. The lowest BCUT2D eigenvalue weighted by molar-refractivity contribution is 0.236. The second-order valence-corrected chi connectivity index (χ2v) is 5.57. The standard InChI is InChI=1S/C16H24N2O2/c1-11-8-12(2)14(15(9-11)20-3)10-17-16(19)18-13-6-4-5-7-13/h8-9,13H,4-7,10H2,1-3H3,(H2,17,18,19). The molecule has 4 heteroatoms. The molecule has 0 saturated heterocycles. The van der Waals surface area contributed by atoms with E-state index in [1.807, 2.05) is 19.9 Å². The Morgan fingerprint density at radius 1 is 1.30 bits per heavy atom. The summed E-state index contributed by atoms with van der Waals surface area (Å²) >= 11 is 0. The Labute approximate surface area is 120 Å². The smallest absolute Gasteiger partial charge is 0.315 e. The van der Waals surface area contributed by atoms with E-state index >= 15 is 0 Å². The van der Waals surface area contributed by atoms with Crippen molar-refractivity contribution in [1.82, 2.24) is 10.6 Å². The van der Waals surface area contributed by atoms with Gasteiger partial charge in [-0.1, -0.05) is 18.9 Å². The van der Waals surface area contributed by atoms with Crippen LogP contribution in [0.25, 0.3) is 0 Å². The molecule has 2 N–H and O–H groups in total. The van der Waals surface area contributed by atoms with Crippen molar-refractivity contribution >= 4 is 6.03 Å². The van der Waals surface area contributed by atoms with Crippen LogP contribution < -0.4 is 15.4 Å². The number of nitrogens with one attached hydrogen (secondary N) is 2. The minimum absolute atomic E-state index is 0.0843. The molecule has 0 bridgehead atoms. The molecule has 0 aromatic heterocycles. The summed E-state index contributed by atoms with van der Waals surface area (Å²) in [6.07, 6.45) is 4.63. The van der Waals surface area contributed by atoms with E-state index in [4.69, 9.17) is 4.74 Å². The highest BCUT2D eigenvalue weighted by Gasteiger charge is 2.17. The van der Waals surface area contributed by atoms with Gasteiger partial charge >= 0.3 is 6.03 Å². The highest BCUT2D eigenvalue weighted by Crippen LogP contribution is 2.24. The summed E-state index contributed by atoms with van der Waals surface area (Å²) in [5, 5.41) is 5.96. The molecular weight excluding hydrogens is 252 g/mol. The maximum absolute atomic E-state index is 11.9. The van der Waals surface area contributed by atoms with Crippen LogP contribution in [-0.2, 0) is 6.54 Å². The van der Waals surface area contributed by atoms with Crippen LogP contribution in [0.15, 0.2) is 12.1 Å². The average molecular weight is 276 g/mol. The molecule has 2 rings (SSSR count). The topological polar surface area (TPSA) is 50.4 Å². The van der Waals surface area contributed by atoms with Gasteiger partial charge in [-0.15, -0.1) is 0 Å². The number of ether oxygens (including phenoxy) is 1. The molecule has 4 nitrogen and oxygen atoms in total. The summed E-state index contributed by atoms with van der Waals surface area (Å²) in [4.78, 5) is 11.9. The predicted molar refractivity (Wildman–Crippen MR) is 80.1 cm³/mol. The fourth-order valence-electron chi connectivity index (χ4n) is 2.84. The Hall–Kier alpha value is -1.71. The number of benzene rings is 1. The van der Waals surface area contributed by atoms with Gasteiger partial charge in [0.15, 0.2) is 0 Å². The molecule has 1 aliphatic carbocycles. The molecule has 0 spiro atoms. The molecule has 20 heavy (non-hydrogen) atoms. The van der Waals surface area contributed by atoms with Crippen LogP contribution in [0.4, 0.5) is 4.79 Å². The van der Waals surface area contributed by atoms with Gasteiger partial charge in [-0.2, -0.15) is 0 Å². The van der Waals surface area contributed by atoms with Crippen LogP contribution in [0.1, 0.15) is 42.4 Å². The van der Waals surface area contributed by atoms with E-state index in [1.165, 1.54) is 18.4 Å². The lowest BCUT2D eigenvalue weighted by atomic mass is 10.0. The number of urea groups is 1. The Morgan fingerprint density at radius 2 is 2.00 bits per heavy atom. The zero-order chi connectivity index (χ0) is 14.5. The van der Waals surface area contributed by atoms with E-state index in [1.54, 1.807) is 7.11 Å². The van der Waals surface area contributed by atoms with Crippen LogP contribution in [0.3, 0.4) is 0 Å². The van der Waals surface area contributed by atoms with E-state index in [-0.39, 0.29) is 6.03 Å². The Morgan fingerprint density at radius 3 is 2.65 bits per heavy atom. The largest absolute Gasteiger partial charge is 0.496 e. The lowest BCUT2D eigenvalue weighted by Gasteiger charge is -2.16. The maximum Gasteiger partial charge on any atom is 0.315 e. The van der Waals surface area contributed by atoms with Crippen molar-refractivity contribution < 1.29 is 9.53 Å². The molecule has 0 heterocycles. The van der Waals surface area contributed by atoms with Crippen molar-refractivity contribution in [1.29, 1.82) is 0 Å². The number of rotatable bonds is 4. The molecule has 1 aliphatic rings. The SMILES string of the molecule is COc1cc(C)cc(C)c1CNC(=O)NC1CCCC1. The second-order valence-electron chi connectivity index (χ2n) is 5.57. The number of carbonyl (C=O) groups is 1. The van der Waals surface area contributed by atoms with E-state index in [0.29, 0.717) is 12.6 Å². The fraction of sp³-hybridized carbons (Fsp3) is 0.562. The summed E-state index contributed by atoms with van der Waals surface area (Å²) in [6.45, 7) is 4.58. The number of carbonyl (C=O) groups excluding carboxylic acids is 1. The van der Waals surface area contributed by atoms with Crippen LogP contribution in [0.2, 0.25) is 0 Å². The average Bonchev–Trinajstić information content (AvgIpc) is 2.89. The fourth-order valence-corrected chi connectivity index (χ4v) is 2.84. The van der Waals surface area contributed by atoms with E-state index in [0.717, 1.165) is 29.7 Å². The van der Waals surface area contributed by atoms with Gasteiger partial charge in [0, 0.05) is 18.2 Å². The summed E-state index contributed by atoms with van der Waals surface area (Å²) in [5.41, 5.74) is 3.35. The minimum Gasteiger partial charge on any atom is -0.496 e. The summed E-state index contributed by atoms with van der Waals surface area (Å²) in [5.74, 6) is 0.837. The van der Waals surface area contributed by atoms with Crippen molar-refractivity contribution in [2.75, 3.05) is 7.11 Å². The Kier molecular flexibility index (Phi) is 4.88. The van der Waals surface area contributed by atoms with Gasteiger partial charge in [0.05, 0.1) is 7.11 Å². The predicted octanol–water partition coefficient (Wildman–Crippen LogP) is 3.05. The second kappa shape index (κ2) is 6.64. The van der Waals surface area contributed by atoms with Gasteiger partial charge in [-0.05, 0) is 43.9 Å². The molecular formula is C16H24N2O2. The maximum atomic E-state index is 11.9. The normalized spacial score (nSPS) is 15.2. The third-order valence-electron chi connectivity index (χ3n) is 3.91. The Bertz CT molecular complexity index is 480. The molecule has 110 valence electrons. The molecule has 0 atom stereocenters. The summed E-state index contributed by atoms with van der Waals surface area (Å²) in [7, 11) is 1.66. The number of hydrogen-bond donors (Lipinski definition) is 2. The van der Waals surface area contributed by atoms with Crippen LogP contribution in [-0.4, -0.2) is 19.2 Å². The first kappa shape index (κ1) is 14.7. The van der Waals surface area contributed by atoms with Crippen LogP contribution in [0.5, 0.6) is 5.75 Å². The van der Waals surface area contributed by atoms with Crippen molar-refractivity contribution in [3.05, 3.63) is 28.8 Å². The van der Waals surface area contributed by atoms with Crippen LogP contribution in [0, 0.1) is 13.8 Å². The molecule has 1 aromatic rings. The van der Waals surface area contributed by atoms with E-state index in [9.17, 15) is 4.79 Å². The van der Waals surface area contributed by atoms with E-state index < -0.39 is 0 Å². The molecule has 2 amide bonds. The molecule has 1 saturated carbocycles. The van der Waals surface area contributed by atoms with Crippen LogP contribution >= 0.6 is 0 Å². The minimum atomic E-state index is -0.0843. The summed E-state index contributed by atoms with van der Waals surface area (Å²) < 4.78 is 5.40. The first-order chi connectivity index (χ1) is 9.60. The molecule has 0 unspecified atom stereocenters. The molecule has 0 aliphatic heterocycles. The highest BCUT2D eigenvalue weighted by molar-refractivity contribution is 5.74. The zero-order valence-electron chi connectivity index (χ0n) is 12.6. The van der Waals surface area contributed by atoms with Crippen molar-refractivity contribution in [2.24, 2.45) is 0 Å². The first-order valence-corrected chi connectivity index (χ1v) is 7.28. The van der Waals surface area contributed by atoms with Gasteiger partial charge in [0.25, 0.3) is 0 Å². The molecule has 1 fully saturated rings. The number of amides is 2. The third kappa shape index (κ3) is 3.65. The number of hydrogen-bond acceptors (Lipinski definition) is 2. The van der Waals surface area contributed by atoms with Gasteiger partial charge in [0.2, 0.25) is 0 Å². The Balaban J connectivity index is 1.94. The summed E-state index contributed by atoms with van der Waals surface area (Å²) in [6, 6.07) is 4.36. The molecule has 0 radical (unpaired) electrons. The first-order valence-electron chi connectivity index (χ1n) is 7.28. The van der Waals surface area contributed by atoms with Crippen molar-refractivity contribution in [2.45, 2.75) is 52.1 Å². The van der Waals surface area contributed by atoms with Crippen molar-refractivity contribution in [3.8, 4) is 5.75 Å². The number of methoxy groups -OCH3 is 1. The number of aryl methyl sites for hydroxylation is 2. The van der Waals surface area contributed by atoms with Gasteiger partial charge in [-0.25, -0.2) is 4.79 Å². The lowest BCUT2D eigenvalue weighted by Crippen LogP contribution is -2.40. The highest BCUT2D eigenvalue weighted by atomic mass is 16.5. The van der Waals surface area contributed by atoms with E-state index in [2.05, 4.69) is 16.7 Å². The zero-order valence-corrected chi connectivity index (χ0v) is 12.6. The molecule has 1 aromatic carbocycles. The monoisotopic (exact) mass is 276 g/mol.